The van der Waals surface area contributed by atoms with Crippen LogP contribution >= 0.6 is 0 Å². The summed E-state index contributed by atoms with van der Waals surface area (Å²) in [5.41, 5.74) is 0. The summed E-state index contributed by atoms with van der Waals surface area (Å²) >= 11 is 0. The molecule has 2 N–H and O–H groups in total. The lowest BCUT2D eigenvalue weighted by molar-refractivity contribution is -0.120. The van der Waals surface area contributed by atoms with E-state index in [4.69, 9.17) is 0 Å². The fourth-order valence-corrected chi connectivity index (χ4v) is 1.58. The van der Waals surface area contributed by atoms with E-state index in [1.54, 1.807) is 6.33 Å². The number of nitrogens with one attached hydrogen (secondary N) is 2. The summed E-state index contributed by atoms with van der Waals surface area (Å²) in [5.74, 6) is 1.74. The van der Waals surface area contributed by atoms with Crippen LogP contribution in [0.15, 0.2) is 6.33 Å². The third-order valence-corrected chi connectivity index (χ3v) is 2.90. The number of rotatable bonds is 7. The average molecular weight is 237 g/mol. The molecule has 6 nitrogen and oxygen atoms in total. The quantitative estimate of drug-likeness (QED) is 0.626. The zero-order valence-electron chi connectivity index (χ0n) is 10.1. The molecule has 2 rings (SSSR count). The summed E-state index contributed by atoms with van der Waals surface area (Å²) in [7, 11) is 1.91. The van der Waals surface area contributed by atoms with Gasteiger partial charge < -0.3 is 15.2 Å². The second-order valence-electron chi connectivity index (χ2n) is 4.53. The maximum atomic E-state index is 11.4. The van der Waals surface area contributed by atoms with Crippen molar-refractivity contribution in [3.8, 4) is 0 Å². The molecule has 1 saturated carbocycles. The molecule has 0 aromatic carbocycles. The Kier molecular flexibility index (Phi) is 4.08. The van der Waals surface area contributed by atoms with Crippen molar-refractivity contribution in [2.75, 3.05) is 19.6 Å². The summed E-state index contributed by atoms with van der Waals surface area (Å²) in [6.07, 6.45) is 4.99. The SMILES string of the molecule is Cn1cnnc1CCNCC(=O)NCC1CC1. The topological polar surface area (TPSA) is 71.8 Å². The summed E-state index contributed by atoms with van der Waals surface area (Å²) in [6.45, 7) is 1.96. The smallest absolute Gasteiger partial charge is 0.233 e. The second kappa shape index (κ2) is 5.77. The Hall–Kier alpha value is -1.43. The summed E-state index contributed by atoms with van der Waals surface area (Å²) < 4.78 is 1.88. The monoisotopic (exact) mass is 237 g/mol. The largest absolute Gasteiger partial charge is 0.355 e. The highest BCUT2D eigenvalue weighted by Crippen LogP contribution is 2.27. The van der Waals surface area contributed by atoms with Crippen LogP contribution in [-0.4, -0.2) is 40.3 Å². The first-order valence-corrected chi connectivity index (χ1v) is 6.06. The van der Waals surface area contributed by atoms with E-state index < -0.39 is 0 Å². The summed E-state index contributed by atoms with van der Waals surface area (Å²) in [5, 5.41) is 13.8. The maximum absolute atomic E-state index is 11.4. The van der Waals surface area contributed by atoms with E-state index in [1.807, 2.05) is 11.6 Å². The Bertz CT molecular complexity index is 372. The van der Waals surface area contributed by atoms with Gasteiger partial charge in [0, 0.05) is 26.6 Å². The van der Waals surface area contributed by atoms with Gasteiger partial charge in [0.25, 0.3) is 0 Å². The molecule has 0 aliphatic heterocycles. The lowest BCUT2D eigenvalue weighted by Gasteiger charge is -2.05. The number of nitrogens with zero attached hydrogens (tertiary/aromatic N) is 3. The Morgan fingerprint density at radius 1 is 1.59 bits per heavy atom. The standard InChI is InChI=1S/C11H19N5O/c1-16-8-14-15-10(16)4-5-12-7-11(17)13-6-9-2-3-9/h8-9,12H,2-7H2,1H3,(H,13,17). The van der Waals surface area contributed by atoms with Gasteiger partial charge in [0.1, 0.15) is 12.2 Å². The minimum absolute atomic E-state index is 0.0786. The van der Waals surface area contributed by atoms with Crippen molar-refractivity contribution in [2.45, 2.75) is 19.3 Å². The van der Waals surface area contributed by atoms with Crippen molar-refractivity contribution in [2.24, 2.45) is 13.0 Å². The Labute approximate surface area is 101 Å². The fourth-order valence-electron chi connectivity index (χ4n) is 1.58. The van der Waals surface area contributed by atoms with Crippen LogP contribution in [0.1, 0.15) is 18.7 Å². The van der Waals surface area contributed by atoms with Gasteiger partial charge in [0.2, 0.25) is 5.91 Å². The van der Waals surface area contributed by atoms with Gasteiger partial charge in [-0.15, -0.1) is 10.2 Å². The molecule has 0 spiro atoms. The maximum Gasteiger partial charge on any atom is 0.233 e. The van der Waals surface area contributed by atoms with E-state index >= 15 is 0 Å². The molecular formula is C11H19N5O. The highest BCUT2D eigenvalue weighted by Gasteiger charge is 2.21. The zero-order chi connectivity index (χ0) is 12.1. The number of aromatic nitrogens is 3. The minimum Gasteiger partial charge on any atom is -0.355 e. The van der Waals surface area contributed by atoms with Gasteiger partial charge in [-0.05, 0) is 18.8 Å². The van der Waals surface area contributed by atoms with Crippen molar-refractivity contribution in [3.05, 3.63) is 12.2 Å². The van der Waals surface area contributed by atoms with Gasteiger partial charge in [-0.1, -0.05) is 0 Å². The van der Waals surface area contributed by atoms with Crippen LogP contribution < -0.4 is 10.6 Å². The van der Waals surface area contributed by atoms with E-state index in [9.17, 15) is 4.79 Å². The number of aryl methyl sites for hydroxylation is 1. The van der Waals surface area contributed by atoms with Crippen LogP contribution in [0, 0.1) is 5.92 Å². The lowest BCUT2D eigenvalue weighted by Crippen LogP contribution is -2.35. The van der Waals surface area contributed by atoms with Crippen LogP contribution in [0.5, 0.6) is 0 Å². The van der Waals surface area contributed by atoms with Crippen LogP contribution in [0.3, 0.4) is 0 Å². The van der Waals surface area contributed by atoms with Gasteiger partial charge >= 0.3 is 0 Å². The molecule has 1 heterocycles. The molecule has 1 amide bonds. The molecule has 94 valence electrons. The first-order chi connectivity index (χ1) is 8.25. The van der Waals surface area contributed by atoms with Gasteiger partial charge in [0.15, 0.2) is 0 Å². The number of hydrogen-bond acceptors (Lipinski definition) is 4. The highest BCUT2D eigenvalue weighted by molar-refractivity contribution is 5.77. The Morgan fingerprint density at radius 3 is 3.06 bits per heavy atom. The van der Waals surface area contributed by atoms with E-state index in [0.717, 1.165) is 31.3 Å². The molecule has 1 aliphatic rings. The zero-order valence-corrected chi connectivity index (χ0v) is 10.1. The molecule has 1 fully saturated rings. The van der Waals surface area contributed by atoms with Crippen molar-refractivity contribution >= 4 is 5.91 Å². The Balaban J connectivity index is 1.53. The highest BCUT2D eigenvalue weighted by atomic mass is 16.1. The molecule has 1 aliphatic carbocycles. The first kappa shape index (κ1) is 12.0. The van der Waals surface area contributed by atoms with Crippen LogP contribution in [0.25, 0.3) is 0 Å². The number of amides is 1. The van der Waals surface area contributed by atoms with Gasteiger partial charge in [-0.25, -0.2) is 0 Å². The van der Waals surface area contributed by atoms with Crippen molar-refractivity contribution in [1.29, 1.82) is 0 Å². The Morgan fingerprint density at radius 2 is 2.41 bits per heavy atom. The third-order valence-electron chi connectivity index (χ3n) is 2.90. The molecule has 0 bridgehead atoms. The second-order valence-corrected chi connectivity index (χ2v) is 4.53. The van der Waals surface area contributed by atoms with Crippen LogP contribution in [0.4, 0.5) is 0 Å². The van der Waals surface area contributed by atoms with Gasteiger partial charge in [0.05, 0.1) is 6.54 Å². The summed E-state index contributed by atoms with van der Waals surface area (Å²) in [4.78, 5) is 11.4. The van der Waals surface area contributed by atoms with Crippen LogP contribution in [-0.2, 0) is 18.3 Å². The van der Waals surface area contributed by atoms with Gasteiger partial charge in [-0.2, -0.15) is 0 Å². The third kappa shape index (κ3) is 4.14. The molecule has 6 heteroatoms. The fraction of sp³-hybridized carbons (Fsp3) is 0.727. The number of hydrogen-bond donors (Lipinski definition) is 2. The molecule has 0 unspecified atom stereocenters. The molecule has 0 radical (unpaired) electrons. The van der Waals surface area contributed by atoms with E-state index in [2.05, 4.69) is 20.8 Å². The van der Waals surface area contributed by atoms with E-state index in [1.165, 1.54) is 12.8 Å². The van der Waals surface area contributed by atoms with E-state index in [0.29, 0.717) is 6.54 Å². The van der Waals surface area contributed by atoms with Crippen molar-refractivity contribution < 1.29 is 4.79 Å². The van der Waals surface area contributed by atoms with Crippen molar-refractivity contribution in [1.82, 2.24) is 25.4 Å². The molecule has 1 aromatic rings. The predicted molar refractivity (Wildman–Crippen MR) is 63.3 cm³/mol. The minimum atomic E-state index is 0.0786. The molecule has 0 saturated heterocycles. The number of carbonyl (C=O) groups excluding carboxylic acids is 1. The van der Waals surface area contributed by atoms with Crippen LogP contribution in [0.2, 0.25) is 0 Å². The molecule has 1 aromatic heterocycles. The molecule has 17 heavy (non-hydrogen) atoms. The lowest BCUT2D eigenvalue weighted by atomic mass is 10.4. The summed E-state index contributed by atoms with van der Waals surface area (Å²) in [6, 6.07) is 0. The van der Waals surface area contributed by atoms with E-state index in [-0.39, 0.29) is 5.91 Å². The van der Waals surface area contributed by atoms with Crippen molar-refractivity contribution in [3.63, 3.8) is 0 Å². The van der Waals surface area contributed by atoms with Gasteiger partial charge in [-0.3, -0.25) is 4.79 Å². The molecule has 0 atom stereocenters. The molecular weight excluding hydrogens is 218 g/mol. The average Bonchev–Trinajstić information content (AvgIpc) is 3.06. The predicted octanol–water partition coefficient (Wildman–Crippen LogP) is -0.527. The normalized spacial score (nSPS) is 14.9. The first-order valence-electron chi connectivity index (χ1n) is 6.06. The number of carbonyl (C=O) groups is 1.